The molecule has 0 bridgehead atoms. The second-order valence-corrected chi connectivity index (χ2v) is 6.88. The van der Waals surface area contributed by atoms with E-state index in [1.54, 1.807) is 22.6 Å². The van der Waals surface area contributed by atoms with Crippen LogP contribution in [0, 0.1) is 3.57 Å². The number of carbonyl (C=O) groups is 1. The largest absolute Gasteiger partial charge is 0.415 e. The van der Waals surface area contributed by atoms with E-state index in [-0.39, 0.29) is 9.26 Å². The van der Waals surface area contributed by atoms with Crippen LogP contribution in [0.2, 0.25) is 0 Å². The van der Waals surface area contributed by atoms with Gasteiger partial charge in [0.15, 0.2) is 0 Å². The Morgan fingerprint density at radius 3 is 2.17 bits per heavy atom. The number of nitrogens with one attached hydrogen (secondary N) is 1. The number of nitrogens with two attached hydrogens (primary N) is 1. The highest BCUT2D eigenvalue weighted by Crippen LogP contribution is 2.35. The van der Waals surface area contributed by atoms with Gasteiger partial charge in [-0.1, -0.05) is 0 Å². The normalized spacial score (nSPS) is 14.4. The fraction of sp³-hybridized carbons (Fsp3) is 0.300. The number of benzene rings is 1. The highest BCUT2D eigenvalue weighted by atomic mass is 127. The molecule has 0 fully saturated rings. The van der Waals surface area contributed by atoms with Gasteiger partial charge in [0.05, 0.1) is 0 Å². The van der Waals surface area contributed by atoms with Crippen LogP contribution in [-0.4, -0.2) is 36.4 Å². The lowest BCUT2D eigenvalue weighted by Crippen LogP contribution is -2.59. The monoisotopic (exact) mass is 474 g/mol. The van der Waals surface area contributed by atoms with E-state index in [4.69, 9.17) is 10.3 Å². The van der Waals surface area contributed by atoms with Crippen molar-refractivity contribution in [2.75, 3.05) is 5.73 Å². The van der Waals surface area contributed by atoms with Crippen LogP contribution in [0.4, 0.5) is 27.6 Å². The Morgan fingerprint density at radius 1 is 1.26 bits per heavy atom. The second kappa shape index (κ2) is 6.35. The molecule has 1 unspecified atom stereocenters. The molecule has 0 aliphatic rings. The van der Waals surface area contributed by atoms with Crippen molar-refractivity contribution in [3.05, 3.63) is 27.3 Å². The number of hydrogen-bond acceptors (Lipinski definition) is 4. The molecule has 1 amide bonds. The van der Waals surface area contributed by atoms with E-state index in [1.165, 1.54) is 0 Å². The molecule has 0 saturated heterocycles. The van der Waals surface area contributed by atoms with Gasteiger partial charge in [0.1, 0.15) is 0 Å². The third kappa shape index (κ3) is 4.41. The summed E-state index contributed by atoms with van der Waals surface area (Å²) in [5.41, 5.74) is 5.17. The maximum atomic E-state index is 13.3. The highest BCUT2D eigenvalue weighted by Gasteiger charge is 2.64. The lowest BCUT2D eigenvalue weighted by Gasteiger charge is -2.27. The topological polar surface area (TPSA) is 109 Å². The lowest BCUT2D eigenvalue weighted by molar-refractivity contribution is -0.191. The van der Waals surface area contributed by atoms with Crippen molar-refractivity contribution in [3.63, 3.8) is 0 Å². The van der Waals surface area contributed by atoms with Gasteiger partial charge in [0, 0.05) is 14.8 Å². The fourth-order valence-corrected chi connectivity index (χ4v) is 2.39. The summed E-state index contributed by atoms with van der Waals surface area (Å²) in [6.45, 7) is 0. The minimum absolute atomic E-state index is 0.192. The third-order valence-electron chi connectivity index (χ3n) is 2.55. The van der Waals surface area contributed by atoms with Crippen molar-refractivity contribution in [3.8, 4) is 0 Å². The molecule has 1 atom stereocenters. The molecule has 0 saturated carbocycles. The van der Waals surface area contributed by atoms with Gasteiger partial charge < -0.3 is 11.1 Å². The van der Waals surface area contributed by atoms with Crippen molar-refractivity contribution in [2.45, 2.75) is 17.5 Å². The van der Waals surface area contributed by atoms with E-state index in [0.29, 0.717) is 0 Å². The summed E-state index contributed by atoms with van der Waals surface area (Å²) in [7, 11) is -6.42. The molecular formula is C10H8F5IN2O4S. The second-order valence-electron chi connectivity index (χ2n) is 4.22. The Kier molecular flexibility index (Phi) is 5.47. The van der Waals surface area contributed by atoms with Crippen molar-refractivity contribution in [1.82, 2.24) is 5.32 Å². The number of alkyl halides is 5. The summed E-state index contributed by atoms with van der Waals surface area (Å²) in [5, 5.41) is -4.80. The van der Waals surface area contributed by atoms with Crippen LogP contribution in [-0.2, 0) is 10.1 Å². The van der Waals surface area contributed by atoms with E-state index in [9.17, 15) is 35.2 Å². The van der Waals surface area contributed by atoms with E-state index in [0.717, 1.165) is 23.5 Å². The average molecular weight is 474 g/mol. The minimum atomic E-state index is -6.42. The zero-order valence-corrected chi connectivity index (χ0v) is 13.7. The molecule has 1 rings (SSSR count). The number of hydrogen-bond donors (Lipinski definition) is 3. The predicted octanol–water partition coefficient (Wildman–Crippen LogP) is 2.01. The number of halogens is 6. The van der Waals surface area contributed by atoms with Gasteiger partial charge in [-0.25, -0.2) is 0 Å². The van der Waals surface area contributed by atoms with Crippen LogP contribution in [0.1, 0.15) is 10.4 Å². The summed E-state index contributed by atoms with van der Waals surface area (Å²) in [5.74, 6) is -1.62. The smallest absolute Gasteiger partial charge is 0.398 e. The molecule has 0 heterocycles. The summed E-state index contributed by atoms with van der Waals surface area (Å²) >= 11 is 1.65. The molecule has 0 aliphatic heterocycles. The first-order valence-corrected chi connectivity index (χ1v) is 7.97. The van der Waals surface area contributed by atoms with Gasteiger partial charge in [-0.3, -0.25) is 9.35 Å². The summed E-state index contributed by atoms with van der Waals surface area (Å²) in [6.07, 6.45) is -5.84. The molecule has 1 aromatic carbocycles. The fourth-order valence-electron chi connectivity index (χ4n) is 1.39. The maximum absolute atomic E-state index is 13.3. The number of anilines is 1. The number of rotatable bonds is 4. The zero-order chi connectivity index (χ0) is 18.2. The van der Waals surface area contributed by atoms with E-state index in [1.807, 2.05) is 0 Å². The van der Waals surface area contributed by atoms with Crippen molar-refractivity contribution < 1.29 is 39.7 Å². The SMILES string of the molecule is Nc1ccc(C(=O)NC(C(F)(F)F)C(F)(F)S(=O)(=O)O)cc1I. The third-order valence-corrected chi connectivity index (χ3v) is 4.40. The molecular weight excluding hydrogens is 466 g/mol. The van der Waals surface area contributed by atoms with Crippen LogP contribution in [0.3, 0.4) is 0 Å². The van der Waals surface area contributed by atoms with Gasteiger partial charge in [-0.15, -0.1) is 0 Å². The number of amides is 1. The van der Waals surface area contributed by atoms with E-state index < -0.39 is 39.1 Å². The Morgan fingerprint density at radius 2 is 1.78 bits per heavy atom. The standard InChI is InChI=1S/C10H8F5IN2O4S/c11-9(12,13)8(10(14,15)23(20,21)22)18-7(19)4-1-2-6(17)5(16)3-4/h1-3,8H,17H2,(H,18,19)(H,20,21,22). The molecule has 1 aromatic rings. The van der Waals surface area contributed by atoms with Gasteiger partial charge in [-0.05, 0) is 40.8 Å². The first kappa shape index (κ1) is 19.8. The quantitative estimate of drug-likeness (QED) is 0.268. The molecule has 0 radical (unpaired) electrons. The highest BCUT2D eigenvalue weighted by molar-refractivity contribution is 14.1. The van der Waals surface area contributed by atoms with Crippen molar-refractivity contribution in [2.24, 2.45) is 0 Å². The first-order valence-electron chi connectivity index (χ1n) is 5.45. The minimum Gasteiger partial charge on any atom is -0.398 e. The molecule has 23 heavy (non-hydrogen) atoms. The zero-order valence-electron chi connectivity index (χ0n) is 10.7. The van der Waals surface area contributed by atoms with Crippen LogP contribution in [0.5, 0.6) is 0 Å². The molecule has 130 valence electrons. The Labute approximate surface area is 140 Å². The van der Waals surface area contributed by atoms with E-state index in [2.05, 4.69) is 0 Å². The average Bonchev–Trinajstić information content (AvgIpc) is 2.35. The van der Waals surface area contributed by atoms with Crippen molar-refractivity contribution >= 4 is 44.3 Å². The predicted molar refractivity (Wildman–Crippen MR) is 77.4 cm³/mol. The van der Waals surface area contributed by atoms with Crippen molar-refractivity contribution in [1.29, 1.82) is 0 Å². The Bertz CT molecular complexity index is 722. The van der Waals surface area contributed by atoms with E-state index >= 15 is 0 Å². The number of nitrogen functional groups attached to an aromatic ring is 1. The molecule has 13 heteroatoms. The maximum Gasteiger partial charge on any atom is 0.415 e. The Balaban J connectivity index is 3.22. The molecule has 4 N–H and O–H groups in total. The van der Waals surface area contributed by atoms with Crippen LogP contribution >= 0.6 is 22.6 Å². The molecule has 6 nitrogen and oxygen atoms in total. The summed E-state index contributed by atoms with van der Waals surface area (Å²) in [6, 6.07) is -0.997. The number of carbonyl (C=O) groups excluding carboxylic acids is 1. The molecule has 0 aliphatic carbocycles. The summed E-state index contributed by atoms with van der Waals surface area (Å²) in [4.78, 5) is 11.7. The van der Waals surface area contributed by atoms with Gasteiger partial charge in [0.2, 0.25) is 6.04 Å². The first-order chi connectivity index (χ1) is 10.2. The van der Waals surface area contributed by atoms with Gasteiger partial charge in [-0.2, -0.15) is 30.4 Å². The van der Waals surface area contributed by atoms with Gasteiger partial charge >= 0.3 is 21.5 Å². The lowest BCUT2D eigenvalue weighted by atomic mass is 10.1. The van der Waals surface area contributed by atoms with Crippen LogP contribution in [0.15, 0.2) is 18.2 Å². The van der Waals surface area contributed by atoms with Crippen LogP contribution in [0.25, 0.3) is 0 Å². The van der Waals surface area contributed by atoms with Crippen LogP contribution < -0.4 is 11.1 Å². The summed E-state index contributed by atoms with van der Waals surface area (Å²) < 4.78 is 94.2. The molecule has 0 spiro atoms. The van der Waals surface area contributed by atoms with Gasteiger partial charge in [0.25, 0.3) is 5.91 Å². The Hall–Kier alpha value is -1.22. The molecule has 0 aromatic heterocycles.